The highest BCUT2D eigenvalue weighted by molar-refractivity contribution is 7.92. The van der Waals surface area contributed by atoms with Gasteiger partial charge in [0, 0.05) is 35.5 Å². The van der Waals surface area contributed by atoms with Crippen molar-refractivity contribution < 1.29 is 13.2 Å². The van der Waals surface area contributed by atoms with Crippen LogP contribution in [-0.2, 0) is 10.0 Å². The van der Waals surface area contributed by atoms with Gasteiger partial charge in [-0.25, -0.2) is 13.4 Å². The molecule has 1 aromatic carbocycles. The Morgan fingerprint density at radius 1 is 1.03 bits per heavy atom. The van der Waals surface area contributed by atoms with Crippen molar-refractivity contribution in [3.05, 3.63) is 95.2 Å². The van der Waals surface area contributed by atoms with Crippen LogP contribution in [0, 0.1) is 20.8 Å². The van der Waals surface area contributed by atoms with Crippen molar-refractivity contribution >= 4 is 38.7 Å². The fourth-order valence-corrected chi connectivity index (χ4v) is 6.06. The summed E-state index contributed by atoms with van der Waals surface area (Å²) < 4.78 is 34.0. The van der Waals surface area contributed by atoms with E-state index in [1.165, 1.54) is 7.11 Å². The van der Waals surface area contributed by atoms with E-state index in [2.05, 4.69) is 50.6 Å². The van der Waals surface area contributed by atoms with E-state index in [1.54, 1.807) is 18.3 Å². The van der Waals surface area contributed by atoms with Crippen molar-refractivity contribution in [1.29, 1.82) is 0 Å². The van der Waals surface area contributed by atoms with Gasteiger partial charge in [-0.2, -0.15) is 0 Å². The van der Waals surface area contributed by atoms with Gasteiger partial charge in [0.15, 0.2) is 5.11 Å². The molecule has 0 bridgehead atoms. The standard InChI is InChI=1S/C28H30N6O3S2/c1-17-11-13-30-25(14-17)33-18(2)15-21(19(33)3)27-26(23-8-6-7-12-29-23)31-28(38)34(27)20-9-10-22(24(16-20)37-4)32-39(5,35)36/h6-16,26-27,32H,1-5H3,(H,31,38)/t26-,27+/m1/s1. The Morgan fingerprint density at radius 3 is 2.49 bits per heavy atom. The van der Waals surface area contributed by atoms with E-state index in [4.69, 9.17) is 17.0 Å². The molecular weight excluding hydrogens is 532 g/mol. The second-order valence-corrected chi connectivity index (χ2v) is 11.7. The van der Waals surface area contributed by atoms with Gasteiger partial charge in [0.05, 0.1) is 36.8 Å². The molecule has 1 fully saturated rings. The maximum absolute atomic E-state index is 11.9. The fraction of sp³-hybridized carbons (Fsp3) is 0.250. The number of hydrogen-bond acceptors (Lipinski definition) is 6. The van der Waals surface area contributed by atoms with Crippen LogP contribution in [-0.4, -0.2) is 41.4 Å². The molecule has 2 atom stereocenters. The molecule has 0 spiro atoms. The number of nitrogens with zero attached hydrogens (tertiary/aromatic N) is 4. The van der Waals surface area contributed by atoms with Crippen molar-refractivity contribution in [2.24, 2.45) is 0 Å². The van der Waals surface area contributed by atoms with Crippen molar-refractivity contribution in [3.63, 3.8) is 0 Å². The number of ether oxygens (including phenoxy) is 1. The average Bonchev–Trinajstić information content (AvgIpc) is 3.38. The monoisotopic (exact) mass is 562 g/mol. The summed E-state index contributed by atoms with van der Waals surface area (Å²) in [6.45, 7) is 6.20. The molecule has 4 aromatic rings. The zero-order chi connectivity index (χ0) is 27.9. The fourth-order valence-electron chi connectivity index (χ4n) is 5.14. The number of methoxy groups -OCH3 is 1. The number of pyridine rings is 2. The van der Waals surface area contributed by atoms with Gasteiger partial charge >= 0.3 is 0 Å². The lowest BCUT2D eigenvalue weighted by atomic mass is 9.96. The largest absolute Gasteiger partial charge is 0.494 e. The van der Waals surface area contributed by atoms with Crippen molar-refractivity contribution in [1.82, 2.24) is 19.9 Å². The van der Waals surface area contributed by atoms with Gasteiger partial charge in [-0.15, -0.1) is 0 Å². The number of anilines is 2. The lowest BCUT2D eigenvalue weighted by molar-refractivity contribution is 0.417. The van der Waals surface area contributed by atoms with E-state index in [0.29, 0.717) is 16.5 Å². The maximum Gasteiger partial charge on any atom is 0.229 e. The Balaban J connectivity index is 1.67. The smallest absolute Gasteiger partial charge is 0.229 e. The summed E-state index contributed by atoms with van der Waals surface area (Å²) >= 11 is 5.89. The Morgan fingerprint density at radius 2 is 1.82 bits per heavy atom. The number of sulfonamides is 1. The molecule has 4 heterocycles. The molecule has 202 valence electrons. The van der Waals surface area contributed by atoms with Crippen LogP contribution >= 0.6 is 12.2 Å². The minimum absolute atomic E-state index is 0.238. The van der Waals surface area contributed by atoms with Crippen LogP contribution in [0.2, 0.25) is 0 Å². The number of hydrogen-bond donors (Lipinski definition) is 2. The van der Waals surface area contributed by atoms with Gasteiger partial charge in [0.25, 0.3) is 0 Å². The lowest BCUT2D eigenvalue weighted by Crippen LogP contribution is -2.29. The molecular formula is C28H30N6O3S2. The molecule has 0 unspecified atom stereocenters. The van der Waals surface area contributed by atoms with Gasteiger partial charge < -0.3 is 19.5 Å². The van der Waals surface area contributed by atoms with E-state index in [-0.39, 0.29) is 12.1 Å². The number of benzene rings is 1. The van der Waals surface area contributed by atoms with Crippen LogP contribution in [0.5, 0.6) is 5.75 Å². The summed E-state index contributed by atoms with van der Waals surface area (Å²) in [6.07, 6.45) is 4.69. The summed E-state index contributed by atoms with van der Waals surface area (Å²) in [4.78, 5) is 11.3. The normalized spacial score (nSPS) is 17.3. The van der Waals surface area contributed by atoms with Crippen LogP contribution in [0.15, 0.2) is 67.0 Å². The Hall–Kier alpha value is -3.96. The van der Waals surface area contributed by atoms with Crippen LogP contribution in [0.25, 0.3) is 5.82 Å². The first kappa shape index (κ1) is 26.6. The molecule has 5 rings (SSSR count). The number of rotatable bonds is 7. The van der Waals surface area contributed by atoms with Crippen LogP contribution in [0.1, 0.15) is 40.3 Å². The molecule has 0 amide bonds. The van der Waals surface area contributed by atoms with E-state index >= 15 is 0 Å². The van der Waals surface area contributed by atoms with E-state index in [1.807, 2.05) is 48.4 Å². The Bertz CT molecular complexity index is 1650. The van der Waals surface area contributed by atoms with Crippen molar-refractivity contribution in [2.45, 2.75) is 32.9 Å². The van der Waals surface area contributed by atoms with E-state index < -0.39 is 10.0 Å². The molecule has 0 aliphatic carbocycles. The number of aryl methyl sites for hydroxylation is 2. The van der Waals surface area contributed by atoms with Crippen LogP contribution in [0.3, 0.4) is 0 Å². The summed E-state index contributed by atoms with van der Waals surface area (Å²) in [5.74, 6) is 1.23. The molecule has 1 aliphatic heterocycles. The first-order valence-electron chi connectivity index (χ1n) is 12.4. The van der Waals surface area contributed by atoms with Gasteiger partial charge in [0.2, 0.25) is 10.0 Å². The summed E-state index contributed by atoms with van der Waals surface area (Å²) in [7, 11) is -1.98. The van der Waals surface area contributed by atoms with E-state index in [9.17, 15) is 8.42 Å². The number of thiocarbonyl (C=S) groups is 1. The van der Waals surface area contributed by atoms with Gasteiger partial charge in [-0.05, 0) is 86.6 Å². The SMILES string of the molecule is COc1cc(N2C(=S)N[C@H](c3ccccn3)[C@@H]2c2cc(C)n(-c3cc(C)ccn3)c2C)ccc1NS(C)(=O)=O. The highest BCUT2D eigenvalue weighted by Gasteiger charge is 2.42. The second kappa shape index (κ2) is 10.3. The topological polar surface area (TPSA) is 101 Å². The number of nitrogens with one attached hydrogen (secondary N) is 2. The molecule has 0 saturated carbocycles. The lowest BCUT2D eigenvalue weighted by Gasteiger charge is -2.28. The predicted molar refractivity (Wildman–Crippen MR) is 157 cm³/mol. The molecule has 39 heavy (non-hydrogen) atoms. The summed E-state index contributed by atoms with van der Waals surface area (Å²) in [6, 6.07) is 16.8. The van der Waals surface area contributed by atoms with Crippen LogP contribution in [0.4, 0.5) is 11.4 Å². The third-order valence-corrected chi connectivity index (χ3v) is 7.68. The van der Waals surface area contributed by atoms with Gasteiger partial charge in [0.1, 0.15) is 11.6 Å². The molecule has 1 aliphatic rings. The van der Waals surface area contributed by atoms with Gasteiger partial charge in [-0.3, -0.25) is 9.71 Å². The van der Waals surface area contributed by atoms with Crippen molar-refractivity contribution in [2.75, 3.05) is 23.0 Å². The van der Waals surface area contributed by atoms with Gasteiger partial charge in [-0.1, -0.05) is 6.07 Å². The quantitative estimate of drug-likeness (QED) is 0.311. The highest BCUT2D eigenvalue weighted by atomic mass is 32.2. The maximum atomic E-state index is 11.9. The zero-order valence-electron chi connectivity index (χ0n) is 22.3. The first-order valence-corrected chi connectivity index (χ1v) is 14.7. The third kappa shape index (κ3) is 5.19. The third-order valence-electron chi connectivity index (χ3n) is 6.78. The first-order chi connectivity index (χ1) is 18.6. The minimum atomic E-state index is -3.49. The molecule has 3 aromatic heterocycles. The molecule has 11 heteroatoms. The average molecular weight is 563 g/mol. The van der Waals surface area contributed by atoms with Crippen molar-refractivity contribution in [3.8, 4) is 11.6 Å². The van der Waals surface area contributed by atoms with E-state index in [0.717, 1.165) is 46.0 Å². The Kier molecular flexibility index (Phi) is 7.04. The zero-order valence-corrected chi connectivity index (χ0v) is 24.0. The molecule has 2 N–H and O–H groups in total. The second-order valence-electron chi connectivity index (χ2n) is 9.61. The molecule has 9 nitrogen and oxygen atoms in total. The Labute approximate surface area is 233 Å². The van der Waals surface area contributed by atoms with Crippen LogP contribution < -0.4 is 19.7 Å². The molecule has 0 radical (unpaired) electrons. The minimum Gasteiger partial charge on any atom is -0.494 e. The summed E-state index contributed by atoms with van der Waals surface area (Å²) in [5.41, 5.74) is 6.23. The number of aromatic nitrogens is 3. The summed E-state index contributed by atoms with van der Waals surface area (Å²) in [5, 5.41) is 4.01. The highest BCUT2D eigenvalue weighted by Crippen LogP contribution is 2.45. The predicted octanol–water partition coefficient (Wildman–Crippen LogP) is 4.75. The molecule has 1 saturated heterocycles.